The fourth-order valence-electron chi connectivity index (χ4n) is 3.66. The van der Waals surface area contributed by atoms with Crippen molar-refractivity contribution in [2.45, 2.75) is 32.6 Å². The molecule has 112 valence electrons. The van der Waals surface area contributed by atoms with Crippen LogP contribution in [0, 0.1) is 17.8 Å². The van der Waals surface area contributed by atoms with Crippen molar-refractivity contribution in [3.8, 4) is 0 Å². The van der Waals surface area contributed by atoms with Crippen molar-refractivity contribution in [1.82, 2.24) is 0 Å². The molecule has 0 spiro atoms. The van der Waals surface area contributed by atoms with Crippen molar-refractivity contribution in [3.63, 3.8) is 0 Å². The molecule has 0 aromatic heterocycles. The monoisotopic (exact) mass is 287 g/mol. The predicted octanol–water partition coefficient (Wildman–Crippen LogP) is 2.71. The van der Waals surface area contributed by atoms with E-state index in [-0.39, 0.29) is 17.7 Å². The first kappa shape index (κ1) is 14.1. The standard InChI is InChI=1S/C17H21NO3/c1-11-8-12-4-2-3-5-15(12)18(10-11)16(19)13-6-7-14(9-13)17(20)21/h2-5,11,13-14H,6-10H2,1H3,(H,20,21). The van der Waals surface area contributed by atoms with Crippen molar-refractivity contribution in [2.24, 2.45) is 17.8 Å². The van der Waals surface area contributed by atoms with E-state index < -0.39 is 5.97 Å². The number of aliphatic carboxylic acids is 1. The lowest BCUT2D eigenvalue weighted by atomic mass is 9.92. The van der Waals surface area contributed by atoms with Crippen LogP contribution in [0.15, 0.2) is 24.3 Å². The van der Waals surface area contributed by atoms with Crippen molar-refractivity contribution in [3.05, 3.63) is 29.8 Å². The van der Waals surface area contributed by atoms with Crippen molar-refractivity contribution in [2.75, 3.05) is 11.4 Å². The quantitative estimate of drug-likeness (QED) is 0.910. The van der Waals surface area contributed by atoms with Gasteiger partial charge in [0, 0.05) is 18.2 Å². The molecule has 3 unspecified atom stereocenters. The van der Waals surface area contributed by atoms with Crippen molar-refractivity contribution >= 4 is 17.6 Å². The molecule has 4 nitrogen and oxygen atoms in total. The predicted molar refractivity (Wildman–Crippen MR) is 80.1 cm³/mol. The topological polar surface area (TPSA) is 57.6 Å². The second-order valence-electron chi connectivity index (χ2n) is 6.43. The first-order valence-electron chi connectivity index (χ1n) is 7.68. The van der Waals surface area contributed by atoms with E-state index in [1.165, 1.54) is 5.56 Å². The molecule has 0 radical (unpaired) electrons. The van der Waals surface area contributed by atoms with Gasteiger partial charge in [-0.05, 0) is 43.2 Å². The average molecular weight is 287 g/mol. The Morgan fingerprint density at radius 3 is 2.62 bits per heavy atom. The smallest absolute Gasteiger partial charge is 0.306 e. The average Bonchev–Trinajstić information content (AvgIpc) is 2.95. The third kappa shape index (κ3) is 2.67. The summed E-state index contributed by atoms with van der Waals surface area (Å²) in [6.07, 6.45) is 2.81. The summed E-state index contributed by atoms with van der Waals surface area (Å²) in [7, 11) is 0. The molecule has 1 saturated carbocycles. The summed E-state index contributed by atoms with van der Waals surface area (Å²) in [5.41, 5.74) is 2.23. The number of carboxylic acids is 1. The van der Waals surface area contributed by atoms with E-state index in [2.05, 4.69) is 13.0 Å². The molecule has 1 amide bonds. The van der Waals surface area contributed by atoms with Crippen LogP contribution < -0.4 is 4.90 Å². The van der Waals surface area contributed by atoms with Gasteiger partial charge in [0.05, 0.1) is 5.92 Å². The molecule has 21 heavy (non-hydrogen) atoms. The summed E-state index contributed by atoms with van der Waals surface area (Å²) >= 11 is 0. The fraction of sp³-hybridized carbons (Fsp3) is 0.529. The van der Waals surface area contributed by atoms with Gasteiger partial charge < -0.3 is 10.0 Å². The maximum Gasteiger partial charge on any atom is 0.306 e. The third-order valence-electron chi connectivity index (χ3n) is 4.74. The number of carbonyl (C=O) groups is 2. The molecule has 1 aromatic carbocycles. The number of benzene rings is 1. The van der Waals surface area contributed by atoms with Gasteiger partial charge in [0.1, 0.15) is 0 Å². The Balaban J connectivity index is 1.81. The molecule has 1 aromatic rings. The van der Waals surface area contributed by atoms with Gasteiger partial charge in [0.2, 0.25) is 5.91 Å². The summed E-state index contributed by atoms with van der Waals surface area (Å²) in [5.74, 6) is -0.697. The Morgan fingerprint density at radius 1 is 1.19 bits per heavy atom. The number of carbonyl (C=O) groups excluding carboxylic acids is 1. The SMILES string of the molecule is CC1Cc2ccccc2N(C(=O)C2CCC(C(=O)O)C2)C1. The largest absolute Gasteiger partial charge is 0.481 e. The van der Waals surface area contributed by atoms with Gasteiger partial charge in [-0.3, -0.25) is 9.59 Å². The van der Waals surface area contributed by atoms with Gasteiger partial charge >= 0.3 is 5.97 Å². The van der Waals surface area contributed by atoms with Crippen LogP contribution in [0.4, 0.5) is 5.69 Å². The first-order valence-corrected chi connectivity index (χ1v) is 7.68. The lowest BCUT2D eigenvalue weighted by Gasteiger charge is -2.34. The Kier molecular flexibility index (Phi) is 3.70. The second kappa shape index (κ2) is 5.51. The Bertz CT molecular complexity index is 569. The number of carboxylic acid groups (broad SMARTS) is 1. The van der Waals surface area contributed by atoms with E-state index in [1.54, 1.807) is 0 Å². The van der Waals surface area contributed by atoms with Crippen LogP contribution in [0.3, 0.4) is 0 Å². The zero-order chi connectivity index (χ0) is 15.0. The number of amides is 1. The summed E-state index contributed by atoms with van der Waals surface area (Å²) in [5, 5.41) is 9.10. The summed E-state index contributed by atoms with van der Waals surface area (Å²) in [6, 6.07) is 8.06. The molecule has 1 heterocycles. The number of hydrogen-bond donors (Lipinski definition) is 1. The van der Waals surface area contributed by atoms with Crippen LogP contribution in [-0.2, 0) is 16.0 Å². The molecule has 0 bridgehead atoms. The van der Waals surface area contributed by atoms with Crippen LogP contribution in [-0.4, -0.2) is 23.5 Å². The molecule has 1 fully saturated rings. The van der Waals surface area contributed by atoms with Crippen LogP contribution >= 0.6 is 0 Å². The molecule has 0 saturated heterocycles. The van der Waals surface area contributed by atoms with E-state index in [0.717, 1.165) is 18.7 Å². The Labute approximate surface area is 124 Å². The molecule has 2 aliphatic rings. The normalized spacial score (nSPS) is 28.2. The summed E-state index contributed by atoms with van der Waals surface area (Å²) in [4.78, 5) is 25.8. The van der Waals surface area contributed by atoms with E-state index in [0.29, 0.717) is 25.2 Å². The zero-order valence-corrected chi connectivity index (χ0v) is 12.3. The highest BCUT2D eigenvalue weighted by Gasteiger charge is 2.37. The third-order valence-corrected chi connectivity index (χ3v) is 4.74. The molecule has 4 heteroatoms. The number of hydrogen-bond acceptors (Lipinski definition) is 2. The lowest BCUT2D eigenvalue weighted by Crippen LogP contribution is -2.42. The molecule has 3 rings (SSSR count). The maximum absolute atomic E-state index is 12.8. The van der Waals surface area contributed by atoms with Crippen LogP contribution in [0.25, 0.3) is 0 Å². The van der Waals surface area contributed by atoms with Crippen molar-refractivity contribution < 1.29 is 14.7 Å². The second-order valence-corrected chi connectivity index (χ2v) is 6.43. The first-order chi connectivity index (χ1) is 10.1. The van der Waals surface area contributed by atoms with E-state index in [1.807, 2.05) is 23.1 Å². The van der Waals surface area contributed by atoms with E-state index in [4.69, 9.17) is 5.11 Å². The Morgan fingerprint density at radius 2 is 1.90 bits per heavy atom. The van der Waals surface area contributed by atoms with Gasteiger partial charge in [-0.1, -0.05) is 25.1 Å². The minimum atomic E-state index is -0.766. The fourth-order valence-corrected chi connectivity index (χ4v) is 3.66. The highest BCUT2D eigenvalue weighted by molar-refractivity contribution is 5.96. The zero-order valence-electron chi connectivity index (χ0n) is 12.3. The van der Waals surface area contributed by atoms with Gasteiger partial charge in [-0.2, -0.15) is 0 Å². The highest BCUT2D eigenvalue weighted by Crippen LogP contribution is 2.36. The number of para-hydroxylation sites is 1. The van der Waals surface area contributed by atoms with Crippen LogP contribution in [0.1, 0.15) is 31.7 Å². The number of fused-ring (bicyclic) bond motifs is 1. The van der Waals surface area contributed by atoms with Gasteiger partial charge in [0.25, 0.3) is 0 Å². The summed E-state index contributed by atoms with van der Waals surface area (Å²) < 4.78 is 0. The van der Waals surface area contributed by atoms with Crippen LogP contribution in [0.5, 0.6) is 0 Å². The molecule has 1 aliphatic carbocycles. The minimum absolute atomic E-state index is 0.109. The molecule has 1 N–H and O–H groups in total. The van der Waals surface area contributed by atoms with Crippen LogP contribution in [0.2, 0.25) is 0 Å². The van der Waals surface area contributed by atoms with E-state index in [9.17, 15) is 9.59 Å². The van der Waals surface area contributed by atoms with Gasteiger partial charge in [0.15, 0.2) is 0 Å². The Hall–Kier alpha value is -1.84. The number of anilines is 1. The van der Waals surface area contributed by atoms with Gasteiger partial charge in [-0.15, -0.1) is 0 Å². The maximum atomic E-state index is 12.8. The minimum Gasteiger partial charge on any atom is -0.481 e. The van der Waals surface area contributed by atoms with Crippen molar-refractivity contribution in [1.29, 1.82) is 0 Å². The number of nitrogens with zero attached hydrogens (tertiary/aromatic N) is 1. The molecular weight excluding hydrogens is 266 g/mol. The lowest BCUT2D eigenvalue weighted by molar-refractivity contribution is -0.141. The van der Waals surface area contributed by atoms with Gasteiger partial charge in [-0.25, -0.2) is 0 Å². The summed E-state index contributed by atoms with van der Waals surface area (Å²) in [6.45, 7) is 2.90. The van der Waals surface area contributed by atoms with E-state index >= 15 is 0 Å². The highest BCUT2D eigenvalue weighted by atomic mass is 16.4. The molecular formula is C17H21NO3. The molecule has 3 atom stereocenters. The number of rotatable bonds is 2. The molecule has 1 aliphatic heterocycles.